The number of methoxy groups -OCH3 is 1. The smallest absolute Gasteiger partial charge is 0.205 e. The lowest BCUT2D eigenvalue weighted by molar-refractivity contribution is 0.104. The second-order valence-electron chi connectivity index (χ2n) is 10.9. The Bertz CT molecular complexity index is 1750. The van der Waals surface area contributed by atoms with Gasteiger partial charge in [-0.25, -0.2) is 0 Å². The van der Waals surface area contributed by atoms with Gasteiger partial charge in [0.05, 0.1) is 13.0 Å². The first-order chi connectivity index (χ1) is 19.0. The molecule has 0 radical (unpaired) electrons. The van der Waals surface area contributed by atoms with Crippen molar-refractivity contribution in [3.63, 3.8) is 0 Å². The Kier molecular flexibility index (Phi) is 6.95. The maximum Gasteiger partial charge on any atom is 0.205 e. The largest absolute Gasteiger partial charge is 0.497 e. The molecule has 4 aromatic rings. The molecule has 0 spiro atoms. The predicted molar refractivity (Wildman–Crippen MR) is 159 cm³/mol. The van der Waals surface area contributed by atoms with E-state index in [9.17, 15) is 10.1 Å². The Morgan fingerprint density at radius 3 is 2.52 bits per heavy atom. The molecule has 0 saturated heterocycles. The molecule has 202 valence electrons. The highest BCUT2D eigenvalue weighted by Gasteiger charge is 2.36. The van der Waals surface area contributed by atoms with Crippen LogP contribution in [-0.2, 0) is 5.41 Å². The number of H-pyrrole nitrogens is 1. The van der Waals surface area contributed by atoms with Crippen molar-refractivity contribution >= 4 is 34.4 Å². The number of halogens is 1. The summed E-state index contributed by atoms with van der Waals surface area (Å²) in [7, 11) is 1.59. The van der Waals surface area contributed by atoms with E-state index in [1.54, 1.807) is 43.5 Å². The fourth-order valence-electron chi connectivity index (χ4n) is 5.25. The Morgan fingerprint density at radius 2 is 1.88 bits per heavy atom. The first-order valence-electron chi connectivity index (χ1n) is 12.9. The van der Waals surface area contributed by atoms with Crippen molar-refractivity contribution in [3.8, 4) is 17.6 Å². The quantitative estimate of drug-likeness (QED) is 0.197. The molecule has 0 amide bonds. The maximum absolute atomic E-state index is 13.0. The van der Waals surface area contributed by atoms with Gasteiger partial charge in [0.25, 0.3) is 0 Å². The summed E-state index contributed by atoms with van der Waals surface area (Å²) in [6.07, 6.45) is 3.35. The number of nitrogens with zero attached hydrogens (tertiary/aromatic N) is 1. The van der Waals surface area contributed by atoms with Crippen LogP contribution in [0.1, 0.15) is 65.0 Å². The van der Waals surface area contributed by atoms with Crippen LogP contribution in [0.25, 0.3) is 17.0 Å². The number of aryl methyl sites for hydroxylation is 1. The second-order valence-corrected chi connectivity index (χ2v) is 11.4. The van der Waals surface area contributed by atoms with Crippen molar-refractivity contribution in [3.05, 3.63) is 111 Å². The third-order valence-corrected chi connectivity index (χ3v) is 7.47. The minimum Gasteiger partial charge on any atom is -0.497 e. The molecular weight excluding hydrogens is 522 g/mol. The van der Waals surface area contributed by atoms with Crippen LogP contribution in [0.5, 0.6) is 11.5 Å². The molecule has 1 aliphatic heterocycles. The summed E-state index contributed by atoms with van der Waals surface area (Å²) in [5.74, 6) is 0.774. The number of hydrogen-bond acceptors (Lipinski definition) is 5. The van der Waals surface area contributed by atoms with E-state index in [4.69, 9.17) is 26.8 Å². The molecule has 6 nitrogen and oxygen atoms in total. The van der Waals surface area contributed by atoms with Crippen molar-refractivity contribution < 1.29 is 14.3 Å². The van der Waals surface area contributed by atoms with E-state index in [0.29, 0.717) is 27.7 Å². The summed E-state index contributed by atoms with van der Waals surface area (Å²) in [6, 6.07) is 18.9. The first-order valence-corrected chi connectivity index (χ1v) is 13.3. The lowest BCUT2D eigenvalue weighted by Gasteiger charge is -2.32. The highest BCUT2D eigenvalue weighted by molar-refractivity contribution is 6.31. The third-order valence-electron chi connectivity index (χ3n) is 7.23. The summed E-state index contributed by atoms with van der Waals surface area (Å²) in [5.41, 5.74) is 12.2. The van der Waals surface area contributed by atoms with E-state index in [1.165, 1.54) is 0 Å². The number of carbonyl (C=O) groups is 1. The van der Waals surface area contributed by atoms with Gasteiger partial charge in [-0.3, -0.25) is 4.79 Å². The number of aromatic nitrogens is 1. The summed E-state index contributed by atoms with van der Waals surface area (Å²) in [4.78, 5) is 16.4. The van der Waals surface area contributed by atoms with Gasteiger partial charge in [-0.05, 0) is 84.1 Å². The molecule has 1 aromatic heterocycles. The van der Waals surface area contributed by atoms with Gasteiger partial charge in [0.1, 0.15) is 23.1 Å². The Morgan fingerprint density at radius 1 is 1.15 bits per heavy atom. The molecule has 7 heteroatoms. The van der Waals surface area contributed by atoms with Crippen molar-refractivity contribution in [1.29, 1.82) is 5.26 Å². The van der Waals surface area contributed by atoms with E-state index >= 15 is 0 Å². The molecule has 5 rings (SSSR count). The Balaban J connectivity index is 1.70. The minimum atomic E-state index is -0.493. The van der Waals surface area contributed by atoms with Crippen molar-refractivity contribution in [1.82, 2.24) is 4.98 Å². The molecule has 0 aliphatic carbocycles. The number of ether oxygens (including phenoxy) is 2. The molecule has 0 saturated carbocycles. The summed E-state index contributed by atoms with van der Waals surface area (Å²) < 4.78 is 11.4. The van der Waals surface area contributed by atoms with Gasteiger partial charge >= 0.3 is 0 Å². The number of allylic oxidation sites excluding steroid dienone is 2. The highest BCUT2D eigenvalue weighted by atomic mass is 35.5. The number of rotatable bonds is 5. The maximum atomic E-state index is 13.0. The molecule has 2 heterocycles. The van der Waals surface area contributed by atoms with Crippen molar-refractivity contribution in [2.45, 2.75) is 39.0 Å². The standard InChI is InChI=1S/C33H30ClN3O3/c1-18-29(23-16-21(34)9-12-27(23)37-18)30-24-14-19(6-13-28(38)20-7-10-22(39-5)11-8-20)15-26(33(2,3)4)31(24)40-32(36)25(30)17-35/h6-16,30,37H,36H2,1-5H3/b13-6+. The zero-order valence-corrected chi connectivity index (χ0v) is 23.8. The molecule has 0 fully saturated rings. The Hall–Kier alpha value is -4.47. The van der Waals surface area contributed by atoms with Crippen LogP contribution in [0.2, 0.25) is 5.02 Å². The van der Waals surface area contributed by atoms with Crippen LogP contribution in [-0.4, -0.2) is 17.9 Å². The molecule has 1 unspecified atom stereocenters. The van der Waals surface area contributed by atoms with E-state index in [2.05, 4.69) is 31.8 Å². The van der Waals surface area contributed by atoms with Gasteiger partial charge in [-0.15, -0.1) is 0 Å². The van der Waals surface area contributed by atoms with Crippen LogP contribution < -0.4 is 15.2 Å². The fraction of sp³-hybridized carbons (Fsp3) is 0.212. The number of nitriles is 1. The van der Waals surface area contributed by atoms with Gasteiger partial charge in [0, 0.05) is 38.3 Å². The number of benzene rings is 3. The number of nitrogens with two attached hydrogens (primary N) is 1. The van der Waals surface area contributed by atoms with Crippen molar-refractivity contribution in [2.24, 2.45) is 5.73 Å². The lowest BCUT2D eigenvalue weighted by atomic mass is 9.77. The average molecular weight is 552 g/mol. The topological polar surface area (TPSA) is 101 Å². The van der Waals surface area contributed by atoms with E-state index in [0.717, 1.165) is 38.9 Å². The van der Waals surface area contributed by atoms with Crippen LogP contribution in [0.15, 0.2) is 72.1 Å². The highest BCUT2D eigenvalue weighted by Crippen LogP contribution is 2.49. The second kappa shape index (κ2) is 10.3. The van der Waals surface area contributed by atoms with Gasteiger partial charge in [-0.2, -0.15) is 5.26 Å². The lowest BCUT2D eigenvalue weighted by Crippen LogP contribution is -2.25. The average Bonchev–Trinajstić information content (AvgIpc) is 3.24. The fourth-order valence-corrected chi connectivity index (χ4v) is 5.43. The first kappa shape index (κ1) is 27.1. The normalized spacial score (nSPS) is 15.2. The van der Waals surface area contributed by atoms with Crippen LogP contribution in [0.3, 0.4) is 0 Å². The minimum absolute atomic E-state index is 0.0826. The van der Waals surface area contributed by atoms with Crippen molar-refractivity contribution in [2.75, 3.05) is 7.11 Å². The molecule has 3 N–H and O–H groups in total. The number of ketones is 1. The van der Waals surface area contributed by atoms with Crippen LogP contribution in [0.4, 0.5) is 0 Å². The van der Waals surface area contributed by atoms with Gasteiger partial charge in [-0.1, -0.05) is 38.4 Å². The van der Waals surface area contributed by atoms with Gasteiger partial charge in [0.2, 0.25) is 5.88 Å². The number of hydrogen-bond donors (Lipinski definition) is 2. The number of carbonyl (C=O) groups excluding carboxylic acids is 1. The molecule has 1 atom stereocenters. The number of fused-ring (bicyclic) bond motifs is 2. The van der Waals surface area contributed by atoms with Gasteiger partial charge in [0.15, 0.2) is 5.78 Å². The Labute approximate surface area is 238 Å². The third kappa shape index (κ3) is 4.85. The van der Waals surface area contributed by atoms with E-state index in [1.807, 2.05) is 37.3 Å². The van der Waals surface area contributed by atoms with Crippen LogP contribution in [0, 0.1) is 18.3 Å². The monoisotopic (exact) mass is 551 g/mol. The number of nitrogens with one attached hydrogen (secondary N) is 1. The van der Waals surface area contributed by atoms with Crippen LogP contribution >= 0.6 is 11.6 Å². The SMILES string of the molecule is COc1ccc(C(=O)/C=C/c2cc3c(c(C(C)(C)C)c2)OC(N)=C(C#N)C3c2c(C)[nH]c3ccc(Cl)cc23)cc1. The summed E-state index contributed by atoms with van der Waals surface area (Å²) >= 11 is 6.40. The van der Waals surface area contributed by atoms with E-state index < -0.39 is 5.92 Å². The molecule has 3 aromatic carbocycles. The van der Waals surface area contributed by atoms with Gasteiger partial charge < -0.3 is 20.2 Å². The summed E-state index contributed by atoms with van der Waals surface area (Å²) in [6.45, 7) is 8.25. The number of aromatic amines is 1. The zero-order valence-electron chi connectivity index (χ0n) is 23.1. The molecular formula is C33H30ClN3O3. The summed E-state index contributed by atoms with van der Waals surface area (Å²) in [5, 5.41) is 11.8. The predicted octanol–water partition coefficient (Wildman–Crippen LogP) is 7.55. The molecule has 0 bridgehead atoms. The van der Waals surface area contributed by atoms with E-state index in [-0.39, 0.29) is 17.1 Å². The molecule has 40 heavy (non-hydrogen) atoms. The zero-order chi connectivity index (χ0) is 28.8. The molecule has 1 aliphatic rings.